The molecule has 18 heavy (non-hydrogen) atoms. The number of halogens is 1. The molecule has 2 rings (SSSR count). The molecule has 2 aromatic heterocycles. The number of aryl methyl sites for hydroxylation is 1. The normalized spacial score (nSPS) is 11.4. The standard InChI is InChI=1S/C13H17BrN2OS/c1-9-10(5-15)3-12(17-9)6-16(2)7-13-4-11(14)8-18-13/h3-4,8H,5-7,15H2,1-2H3. The van der Waals surface area contributed by atoms with Gasteiger partial charge in [-0.05, 0) is 42.0 Å². The van der Waals surface area contributed by atoms with E-state index in [-0.39, 0.29) is 0 Å². The largest absolute Gasteiger partial charge is 0.465 e. The van der Waals surface area contributed by atoms with E-state index in [0.29, 0.717) is 6.54 Å². The Balaban J connectivity index is 1.96. The summed E-state index contributed by atoms with van der Waals surface area (Å²) in [5.74, 6) is 1.91. The molecule has 98 valence electrons. The molecule has 0 radical (unpaired) electrons. The zero-order valence-corrected chi connectivity index (χ0v) is 13.0. The lowest BCUT2D eigenvalue weighted by molar-refractivity contribution is 0.287. The molecule has 0 aromatic carbocycles. The summed E-state index contributed by atoms with van der Waals surface area (Å²) in [6, 6.07) is 4.20. The van der Waals surface area contributed by atoms with Crippen LogP contribution < -0.4 is 5.73 Å². The Morgan fingerprint density at radius 2 is 2.17 bits per heavy atom. The molecule has 2 heterocycles. The van der Waals surface area contributed by atoms with E-state index < -0.39 is 0 Å². The lowest BCUT2D eigenvalue weighted by Crippen LogP contribution is -2.16. The van der Waals surface area contributed by atoms with Crippen molar-refractivity contribution in [3.63, 3.8) is 0 Å². The molecule has 0 saturated carbocycles. The van der Waals surface area contributed by atoms with Crippen LogP contribution in [0.3, 0.4) is 0 Å². The summed E-state index contributed by atoms with van der Waals surface area (Å²) in [4.78, 5) is 3.57. The summed E-state index contributed by atoms with van der Waals surface area (Å²) in [7, 11) is 2.09. The van der Waals surface area contributed by atoms with E-state index in [2.05, 4.69) is 45.4 Å². The molecule has 3 nitrogen and oxygen atoms in total. The second kappa shape index (κ2) is 6.02. The van der Waals surface area contributed by atoms with Gasteiger partial charge in [0.2, 0.25) is 0 Å². The maximum Gasteiger partial charge on any atom is 0.118 e. The predicted molar refractivity (Wildman–Crippen MR) is 78.5 cm³/mol. The Kier molecular flexibility index (Phi) is 4.61. The van der Waals surface area contributed by atoms with Crippen molar-refractivity contribution in [2.75, 3.05) is 7.05 Å². The zero-order chi connectivity index (χ0) is 13.1. The summed E-state index contributed by atoms with van der Waals surface area (Å²) in [5.41, 5.74) is 6.74. The van der Waals surface area contributed by atoms with E-state index in [4.69, 9.17) is 10.2 Å². The Morgan fingerprint density at radius 3 is 2.72 bits per heavy atom. The minimum absolute atomic E-state index is 0.539. The molecule has 0 spiro atoms. The molecule has 0 amide bonds. The van der Waals surface area contributed by atoms with E-state index in [1.807, 2.05) is 6.92 Å². The van der Waals surface area contributed by atoms with E-state index in [0.717, 1.165) is 34.6 Å². The van der Waals surface area contributed by atoms with Crippen LogP contribution in [0, 0.1) is 6.92 Å². The van der Waals surface area contributed by atoms with Crippen molar-refractivity contribution in [3.05, 3.63) is 43.9 Å². The molecule has 0 bridgehead atoms. The fourth-order valence-electron chi connectivity index (χ4n) is 1.89. The van der Waals surface area contributed by atoms with Crippen LogP contribution in [-0.4, -0.2) is 11.9 Å². The van der Waals surface area contributed by atoms with Crippen molar-refractivity contribution >= 4 is 27.3 Å². The Morgan fingerprint density at radius 1 is 1.39 bits per heavy atom. The third-order valence-electron chi connectivity index (χ3n) is 2.76. The van der Waals surface area contributed by atoms with Gasteiger partial charge in [-0.15, -0.1) is 11.3 Å². The van der Waals surface area contributed by atoms with Crippen molar-refractivity contribution in [3.8, 4) is 0 Å². The van der Waals surface area contributed by atoms with Crippen molar-refractivity contribution in [1.29, 1.82) is 0 Å². The lowest BCUT2D eigenvalue weighted by Gasteiger charge is -2.13. The van der Waals surface area contributed by atoms with Gasteiger partial charge in [-0.1, -0.05) is 0 Å². The first kappa shape index (κ1) is 13.8. The fraction of sp³-hybridized carbons (Fsp3) is 0.385. The maximum atomic E-state index is 5.69. The maximum absolute atomic E-state index is 5.69. The van der Waals surface area contributed by atoms with Crippen LogP contribution in [0.5, 0.6) is 0 Å². The Hall–Kier alpha value is -0.620. The van der Waals surface area contributed by atoms with Gasteiger partial charge in [0.05, 0.1) is 6.54 Å². The van der Waals surface area contributed by atoms with E-state index in [9.17, 15) is 0 Å². The molecule has 0 aliphatic carbocycles. The Bertz CT molecular complexity index is 521. The number of thiophene rings is 1. The topological polar surface area (TPSA) is 42.4 Å². The highest BCUT2D eigenvalue weighted by molar-refractivity contribution is 9.10. The van der Waals surface area contributed by atoms with Crippen LogP contribution in [0.4, 0.5) is 0 Å². The molecule has 0 aliphatic rings. The number of hydrogen-bond donors (Lipinski definition) is 1. The molecule has 0 atom stereocenters. The van der Waals surface area contributed by atoms with Gasteiger partial charge in [0, 0.05) is 33.4 Å². The second-order valence-electron chi connectivity index (χ2n) is 4.40. The molecule has 2 aromatic rings. The molecule has 0 aliphatic heterocycles. The lowest BCUT2D eigenvalue weighted by atomic mass is 10.2. The highest BCUT2D eigenvalue weighted by Crippen LogP contribution is 2.22. The first-order valence-electron chi connectivity index (χ1n) is 5.78. The Labute approximate surface area is 120 Å². The van der Waals surface area contributed by atoms with E-state index >= 15 is 0 Å². The van der Waals surface area contributed by atoms with Gasteiger partial charge in [0.15, 0.2) is 0 Å². The van der Waals surface area contributed by atoms with Crippen LogP contribution in [0.1, 0.15) is 22.0 Å². The average molecular weight is 329 g/mol. The van der Waals surface area contributed by atoms with Gasteiger partial charge in [-0.2, -0.15) is 0 Å². The smallest absolute Gasteiger partial charge is 0.118 e. The second-order valence-corrected chi connectivity index (χ2v) is 6.31. The molecular weight excluding hydrogens is 312 g/mol. The first-order valence-corrected chi connectivity index (χ1v) is 7.45. The minimum Gasteiger partial charge on any atom is -0.465 e. The molecule has 2 N–H and O–H groups in total. The number of nitrogens with zero attached hydrogens (tertiary/aromatic N) is 1. The quantitative estimate of drug-likeness (QED) is 0.913. The van der Waals surface area contributed by atoms with Crippen molar-refractivity contribution < 1.29 is 4.42 Å². The molecule has 0 saturated heterocycles. The van der Waals surface area contributed by atoms with Crippen LogP contribution in [0.2, 0.25) is 0 Å². The van der Waals surface area contributed by atoms with Gasteiger partial charge in [0.25, 0.3) is 0 Å². The van der Waals surface area contributed by atoms with Crippen LogP contribution >= 0.6 is 27.3 Å². The van der Waals surface area contributed by atoms with Crippen LogP contribution in [0.25, 0.3) is 0 Å². The van der Waals surface area contributed by atoms with Crippen molar-refractivity contribution in [1.82, 2.24) is 4.90 Å². The van der Waals surface area contributed by atoms with Crippen molar-refractivity contribution in [2.24, 2.45) is 5.73 Å². The van der Waals surface area contributed by atoms with Gasteiger partial charge >= 0.3 is 0 Å². The van der Waals surface area contributed by atoms with Crippen LogP contribution in [-0.2, 0) is 19.6 Å². The summed E-state index contributed by atoms with van der Waals surface area (Å²) in [6.45, 7) is 4.23. The zero-order valence-electron chi connectivity index (χ0n) is 10.6. The summed E-state index contributed by atoms with van der Waals surface area (Å²) in [5, 5.41) is 2.10. The van der Waals surface area contributed by atoms with Crippen LogP contribution in [0.15, 0.2) is 26.4 Å². The molecule has 0 fully saturated rings. The van der Waals surface area contributed by atoms with Gasteiger partial charge in [0.1, 0.15) is 11.5 Å². The van der Waals surface area contributed by atoms with E-state index in [1.165, 1.54) is 4.88 Å². The SMILES string of the molecule is Cc1oc(CN(C)Cc2cc(Br)cs2)cc1CN. The monoisotopic (exact) mass is 328 g/mol. The third-order valence-corrected chi connectivity index (χ3v) is 4.45. The highest BCUT2D eigenvalue weighted by Gasteiger charge is 2.09. The number of nitrogens with two attached hydrogens (primary N) is 1. The van der Waals surface area contributed by atoms with Crippen molar-refractivity contribution in [2.45, 2.75) is 26.6 Å². The third kappa shape index (κ3) is 3.45. The summed E-state index contributed by atoms with van der Waals surface area (Å²) >= 11 is 5.23. The van der Waals surface area contributed by atoms with Gasteiger partial charge < -0.3 is 10.2 Å². The molecule has 5 heteroatoms. The number of furan rings is 1. The molecular formula is C13H17BrN2OS. The van der Waals surface area contributed by atoms with Gasteiger partial charge in [-0.3, -0.25) is 4.90 Å². The fourth-order valence-corrected chi connectivity index (χ4v) is 3.42. The van der Waals surface area contributed by atoms with E-state index in [1.54, 1.807) is 11.3 Å². The first-order chi connectivity index (χ1) is 8.58. The highest BCUT2D eigenvalue weighted by atomic mass is 79.9. The summed E-state index contributed by atoms with van der Waals surface area (Å²) < 4.78 is 6.84. The minimum atomic E-state index is 0.539. The summed E-state index contributed by atoms with van der Waals surface area (Å²) in [6.07, 6.45) is 0. The van der Waals surface area contributed by atoms with Gasteiger partial charge in [-0.25, -0.2) is 0 Å². The predicted octanol–water partition coefficient (Wildman–Crippen LogP) is 3.50. The number of hydrogen-bond acceptors (Lipinski definition) is 4. The average Bonchev–Trinajstić information content (AvgIpc) is 2.85. The molecule has 0 unspecified atom stereocenters. The number of rotatable bonds is 5.